The Labute approximate surface area is 63.6 Å². The van der Waals surface area contributed by atoms with Gasteiger partial charge in [0.1, 0.15) is 0 Å². The maximum atomic E-state index is 8.06. The van der Waals surface area contributed by atoms with E-state index in [1.807, 2.05) is 0 Å². The van der Waals surface area contributed by atoms with Gasteiger partial charge in [-0.25, -0.2) is 0 Å². The summed E-state index contributed by atoms with van der Waals surface area (Å²) in [5.74, 6) is 0. The Morgan fingerprint density at radius 2 is 1.50 bits per heavy atom. The van der Waals surface area contributed by atoms with E-state index in [0.717, 1.165) is 0 Å². The highest BCUT2D eigenvalue weighted by molar-refractivity contribution is 4.55. The molecule has 0 radical (unpaired) electrons. The minimum atomic E-state index is -0.167. The van der Waals surface area contributed by atoms with Crippen molar-refractivity contribution in [2.75, 3.05) is 13.1 Å². The van der Waals surface area contributed by atoms with E-state index >= 15 is 0 Å². The zero-order valence-electron chi connectivity index (χ0n) is 7.06. The number of aliphatic hydroxyl groups excluding tert-OH is 1. The van der Waals surface area contributed by atoms with Crippen LogP contribution < -0.4 is 5.32 Å². The van der Waals surface area contributed by atoms with Gasteiger partial charge in [-0.3, -0.25) is 0 Å². The van der Waals surface area contributed by atoms with Crippen molar-refractivity contribution in [2.24, 2.45) is 0 Å². The molecule has 0 aromatic carbocycles. The number of nitrogens with one attached hydrogen (secondary N) is 1. The van der Waals surface area contributed by atoms with Crippen LogP contribution in [0.5, 0.6) is 0 Å². The lowest BCUT2D eigenvalue weighted by Crippen LogP contribution is -2.21. The van der Waals surface area contributed by atoms with Crippen molar-refractivity contribution in [3.05, 3.63) is 0 Å². The fourth-order valence-corrected chi connectivity index (χ4v) is 0.802. The van der Waals surface area contributed by atoms with Crippen LogP contribution in [0.2, 0.25) is 0 Å². The van der Waals surface area contributed by atoms with Gasteiger partial charge in [-0.2, -0.15) is 0 Å². The molecule has 2 N–H and O–H groups in total. The van der Waals surface area contributed by atoms with E-state index in [9.17, 15) is 0 Å². The molecule has 0 aromatic heterocycles. The van der Waals surface area contributed by atoms with Crippen LogP contribution >= 0.6 is 0 Å². The van der Waals surface area contributed by atoms with E-state index in [1.165, 1.54) is 32.4 Å². The fourth-order valence-electron chi connectivity index (χ4n) is 0.802. The second-order valence-corrected chi connectivity index (χ2v) is 2.90. The highest BCUT2D eigenvalue weighted by atomic mass is 16.3. The zero-order chi connectivity index (χ0) is 7.82. The molecule has 0 amide bonds. The van der Waals surface area contributed by atoms with Crippen LogP contribution in [0.3, 0.4) is 0 Å². The second-order valence-electron chi connectivity index (χ2n) is 2.90. The van der Waals surface area contributed by atoms with Gasteiger partial charge in [0.2, 0.25) is 0 Å². The first-order valence-corrected chi connectivity index (χ1v) is 4.12. The summed E-state index contributed by atoms with van der Waals surface area (Å²) >= 11 is 0. The molecule has 1 rings (SSSR count). The first-order valence-electron chi connectivity index (χ1n) is 4.12. The second kappa shape index (κ2) is 7.03. The van der Waals surface area contributed by atoms with E-state index < -0.39 is 0 Å². The molecular formula is C8H19NO. The molecule has 1 aliphatic heterocycles. The molecule has 0 atom stereocenters. The van der Waals surface area contributed by atoms with E-state index in [2.05, 4.69) is 5.32 Å². The van der Waals surface area contributed by atoms with Crippen LogP contribution in [-0.2, 0) is 0 Å². The summed E-state index contributed by atoms with van der Waals surface area (Å²) < 4.78 is 0. The molecule has 2 heteroatoms. The summed E-state index contributed by atoms with van der Waals surface area (Å²) in [5, 5.41) is 11.3. The highest BCUT2D eigenvalue weighted by Gasteiger charge is 1.93. The average molecular weight is 145 g/mol. The molecule has 0 aromatic rings. The minimum Gasteiger partial charge on any atom is -0.394 e. The van der Waals surface area contributed by atoms with E-state index in [0.29, 0.717) is 0 Å². The fraction of sp³-hybridized carbons (Fsp3) is 1.00. The predicted molar refractivity (Wildman–Crippen MR) is 44.1 cm³/mol. The largest absolute Gasteiger partial charge is 0.394 e. The standard InChI is InChI=1S/C5H11N.C3H8O/c1-2-4-6-5-3-1;1-3(2)4/h6H,1-5H2;3-4H,1-2H3. The Hall–Kier alpha value is -0.0800. The lowest BCUT2D eigenvalue weighted by atomic mass is 10.2. The maximum Gasteiger partial charge on any atom is 0.0483 e. The Bertz CT molecular complexity index is 46.0. The molecule has 2 nitrogen and oxygen atoms in total. The molecule has 1 heterocycles. The van der Waals surface area contributed by atoms with Crippen molar-refractivity contribution in [2.45, 2.75) is 39.2 Å². The van der Waals surface area contributed by atoms with Gasteiger partial charge in [0.05, 0.1) is 0 Å². The SMILES string of the molecule is C1CCNCC1.CC(C)O. The quantitative estimate of drug-likeness (QED) is 0.536. The molecule has 0 spiro atoms. The van der Waals surface area contributed by atoms with Gasteiger partial charge in [-0.1, -0.05) is 6.42 Å². The molecule has 0 aliphatic carbocycles. The minimum absolute atomic E-state index is 0.167. The van der Waals surface area contributed by atoms with Crippen LogP contribution in [0.25, 0.3) is 0 Å². The lowest BCUT2D eigenvalue weighted by Gasteiger charge is -2.08. The zero-order valence-corrected chi connectivity index (χ0v) is 7.06. The van der Waals surface area contributed by atoms with Crippen LogP contribution in [-0.4, -0.2) is 24.3 Å². The molecule has 0 bridgehead atoms. The van der Waals surface area contributed by atoms with Crippen molar-refractivity contribution in [3.8, 4) is 0 Å². The number of aliphatic hydroxyl groups is 1. The summed E-state index contributed by atoms with van der Waals surface area (Å²) in [5.41, 5.74) is 0. The van der Waals surface area contributed by atoms with Crippen molar-refractivity contribution in [3.63, 3.8) is 0 Å². The van der Waals surface area contributed by atoms with Crippen LogP contribution in [0.1, 0.15) is 33.1 Å². The van der Waals surface area contributed by atoms with Gasteiger partial charge in [0, 0.05) is 6.10 Å². The highest BCUT2D eigenvalue weighted by Crippen LogP contribution is 1.96. The molecule has 1 aliphatic rings. The molecule has 0 saturated carbocycles. The number of hydrogen-bond acceptors (Lipinski definition) is 2. The molecular weight excluding hydrogens is 126 g/mol. The first kappa shape index (κ1) is 9.92. The average Bonchev–Trinajstić information content (AvgIpc) is 1.90. The van der Waals surface area contributed by atoms with Gasteiger partial charge in [0.25, 0.3) is 0 Å². The van der Waals surface area contributed by atoms with Crippen LogP contribution in [0.4, 0.5) is 0 Å². The summed E-state index contributed by atoms with van der Waals surface area (Å²) in [6.07, 6.45) is 4.05. The number of piperidine rings is 1. The van der Waals surface area contributed by atoms with Crippen molar-refractivity contribution >= 4 is 0 Å². The summed E-state index contributed by atoms with van der Waals surface area (Å²) in [6.45, 7) is 5.94. The third-order valence-corrected chi connectivity index (χ3v) is 1.21. The number of hydrogen-bond donors (Lipinski definition) is 2. The molecule has 10 heavy (non-hydrogen) atoms. The first-order chi connectivity index (χ1) is 4.73. The van der Waals surface area contributed by atoms with Gasteiger partial charge >= 0.3 is 0 Å². The Balaban J connectivity index is 0.000000180. The van der Waals surface area contributed by atoms with E-state index in [4.69, 9.17) is 5.11 Å². The van der Waals surface area contributed by atoms with Crippen LogP contribution in [0, 0.1) is 0 Å². The van der Waals surface area contributed by atoms with Crippen LogP contribution in [0.15, 0.2) is 0 Å². The van der Waals surface area contributed by atoms with E-state index in [1.54, 1.807) is 13.8 Å². The third-order valence-electron chi connectivity index (χ3n) is 1.21. The van der Waals surface area contributed by atoms with Crippen molar-refractivity contribution in [1.82, 2.24) is 5.32 Å². The summed E-state index contributed by atoms with van der Waals surface area (Å²) in [4.78, 5) is 0. The number of rotatable bonds is 0. The Morgan fingerprint density at radius 1 is 1.10 bits per heavy atom. The monoisotopic (exact) mass is 145 g/mol. The molecule has 1 saturated heterocycles. The van der Waals surface area contributed by atoms with Gasteiger partial charge in [0.15, 0.2) is 0 Å². The topological polar surface area (TPSA) is 32.3 Å². The summed E-state index contributed by atoms with van der Waals surface area (Å²) in [7, 11) is 0. The van der Waals surface area contributed by atoms with Crippen molar-refractivity contribution < 1.29 is 5.11 Å². The van der Waals surface area contributed by atoms with Crippen molar-refractivity contribution in [1.29, 1.82) is 0 Å². The smallest absolute Gasteiger partial charge is 0.0483 e. The molecule has 0 unspecified atom stereocenters. The van der Waals surface area contributed by atoms with Gasteiger partial charge in [-0.15, -0.1) is 0 Å². The lowest BCUT2D eigenvalue weighted by molar-refractivity contribution is 0.216. The summed E-state index contributed by atoms with van der Waals surface area (Å²) in [6, 6.07) is 0. The Morgan fingerprint density at radius 3 is 1.60 bits per heavy atom. The predicted octanol–water partition coefficient (Wildman–Crippen LogP) is 1.15. The van der Waals surface area contributed by atoms with Gasteiger partial charge in [-0.05, 0) is 39.8 Å². The maximum absolute atomic E-state index is 8.06. The Kier molecular flexibility index (Phi) is 6.98. The normalized spacial score (nSPS) is 18.0. The van der Waals surface area contributed by atoms with E-state index in [-0.39, 0.29) is 6.10 Å². The molecule has 62 valence electrons. The third kappa shape index (κ3) is 10.8. The van der Waals surface area contributed by atoms with Gasteiger partial charge < -0.3 is 10.4 Å². The molecule has 1 fully saturated rings.